The van der Waals surface area contributed by atoms with Gasteiger partial charge in [-0.3, -0.25) is 9.69 Å². The Kier molecular flexibility index (Phi) is 6.07. The Morgan fingerprint density at radius 1 is 1.11 bits per heavy atom. The number of rotatable bonds is 6. The number of anilines is 1. The van der Waals surface area contributed by atoms with Crippen molar-refractivity contribution in [2.75, 3.05) is 18.0 Å². The van der Waals surface area contributed by atoms with E-state index in [1.807, 2.05) is 30.3 Å². The van der Waals surface area contributed by atoms with E-state index in [9.17, 15) is 9.59 Å². The standard InChI is InChI=1S/C24H19F2N7O3/c1-14(34)27-12-18-13-32(24(35)36-18)17-9-19(25)22(20(26)10-17)16-7-8-21(28-11-16)33-23(29-30-31-33)15-5-3-2-4-6-15/h2-11,18H,12-13H2,1H3,(H,27,34)/t18-/m0/s1. The molecule has 1 aliphatic rings. The third kappa shape index (κ3) is 4.48. The molecule has 1 atom stereocenters. The first-order valence-electron chi connectivity index (χ1n) is 10.9. The molecule has 0 aliphatic carbocycles. The quantitative estimate of drug-likeness (QED) is 0.441. The number of ether oxygens (including phenoxy) is 1. The lowest BCUT2D eigenvalue weighted by Gasteiger charge is -2.15. The van der Waals surface area contributed by atoms with E-state index in [0.29, 0.717) is 11.6 Å². The molecule has 2 amide bonds. The number of amides is 2. The monoisotopic (exact) mass is 491 g/mol. The van der Waals surface area contributed by atoms with Crippen molar-refractivity contribution in [3.05, 3.63) is 72.4 Å². The molecular formula is C24H19F2N7O3. The number of aromatic nitrogens is 5. The number of pyridine rings is 1. The van der Waals surface area contributed by atoms with Crippen molar-refractivity contribution >= 4 is 17.7 Å². The largest absolute Gasteiger partial charge is 0.442 e. The van der Waals surface area contributed by atoms with Crippen molar-refractivity contribution in [1.29, 1.82) is 0 Å². The smallest absolute Gasteiger partial charge is 0.414 e. The normalized spacial score (nSPS) is 15.1. The molecule has 1 fully saturated rings. The van der Waals surface area contributed by atoms with E-state index in [4.69, 9.17) is 4.74 Å². The van der Waals surface area contributed by atoms with Crippen molar-refractivity contribution in [1.82, 2.24) is 30.5 Å². The zero-order valence-corrected chi connectivity index (χ0v) is 18.9. The van der Waals surface area contributed by atoms with E-state index in [-0.39, 0.29) is 35.8 Å². The van der Waals surface area contributed by atoms with Gasteiger partial charge in [0.2, 0.25) is 5.91 Å². The number of carbonyl (C=O) groups excluding carboxylic acids is 2. The van der Waals surface area contributed by atoms with Gasteiger partial charge in [0.25, 0.3) is 0 Å². The van der Waals surface area contributed by atoms with Gasteiger partial charge < -0.3 is 10.1 Å². The molecule has 5 rings (SSSR count). The average Bonchev–Trinajstić information content (AvgIpc) is 3.50. The van der Waals surface area contributed by atoms with Gasteiger partial charge in [0, 0.05) is 24.2 Å². The predicted octanol–water partition coefficient (Wildman–Crippen LogP) is 3.13. The van der Waals surface area contributed by atoms with E-state index in [2.05, 4.69) is 25.8 Å². The molecule has 10 nitrogen and oxygen atoms in total. The maximum atomic E-state index is 15.0. The molecule has 0 bridgehead atoms. The summed E-state index contributed by atoms with van der Waals surface area (Å²) >= 11 is 0. The van der Waals surface area contributed by atoms with E-state index in [1.54, 1.807) is 6.07 Å². The Morgan fingerprint density at radius 3 is 2.53 bits per heavy atom. The van der Waals surface area contributed by atoms with Crippen LogP contribution in [0.2, 0.25) is 0 Å². The van der Waals surface area contributed by atoms with Crippen molar-refractivity contribution in [2.45, 2.75) is 13.0 Å². The molecule has 1 aliphatic heterocycles. The fourth-order valence-corrected chi connectivity index (χ4v) is 3.86. The highest BCUT2D eigenvalue weighted by molar-refractivity contribution is 5.90. The zero-order chi connectivity index (χ0) is 25.2. The Hall–Kier alpha value is -4.74. The average molecular weight is 491 g/mol. The first-order chi connectivity index (χ1) is 17.4. The Morgan fingerprint density at radius 2 is 1.86 bits per heavy atom. The van der Waals surface area contributed by atoms with Gasteiger partial charge in [0.1, 0.15) is 17.7 Å². The lowest BCUT2D eigenvalue weighted by molar-refractivity contribution is -0.119. The number of tetrazole rings is 1. The van der Waals surface area contributed by atoms with Gasteiger partial charge in [0.15, 0.2) is 11.6 Å². The highest BCUT2D eigenvalue weighted by atomic mass is 19.1. The molecule has 182 valence electrons. The lowest BCUT2D eigenvalue weighted by Crippen LogP contribution is -2.33. The summed E-state index contributed by atoms with van der Waals surface area (Å²) in [5.41, 5.74) is 0.693. The van der Waals surface area contributed by atoms with Crippen LogP contribution in [0, 0.1) is 11.6 Å². The minimum absolute atomic E-state index is 0.00912. The van der Waals surface area contributed by atoms with Crippen LogP contribution < -0.4 is 10.2 Å². The number of hydrogen-bond acceptors (Lipinski definition) is 7. The van der Waals surface area contributed by atoms with Gasteiger partial charge >= 0.3 is 6.09 Å². The van der Waals surface area contributed by atoms with Gasteiger partial charge in [0.05, 0.1) is 24.3 Å². The molecular weight excluding hydrogens is 472 g/mol. The molecule has 3 heterocycles. The van der Waals surface area contributed by atoms with Gasteiger partial charge in [-0.1, -0.05) is 30.3 Å². The van der Waals surface area contributed by atoms with Crippen molar-refractivity contribution in [3.8, 4) is 28.3 Å². The highest BCUT2D eigenvalue weighted by Crippen LogP contribution is 2.32. The molecule has 36 heavy (non-hydrogen) atoms. The Balaban J connectivity index is 1.39. The third-order valence-electron chi connectivity index (χ3n) is 5.55. The summed E-state index contributed by atoms with van der Waals surface area (Å²) in [5, 5.41) is 14.2. The molecule has 1 N–H and O–H groups in total. The van der Waals surface area contributed by atoms with Crippen LogP contribution >= 0.6 is 0 Å². The van der Waals surface area contributed by atoms with Crippen LogP contribution in [-0.2, 0) is 9.53 Å². The van der Waals surface area contributed by atoms with Gasteiger partial charge in [-0.25, -0.2) is 18.6 Å². The summed E-state index contributed by atoms with van der Waals surface area (Å²) in [5.74, 6) is -1.19. The number of hydrogen-bond donors (Lipinski definition) is 1. The molecule has 1 saturated heterocycles. The van der Waals surface area contributed by atoms with Gasteiger partial charge in [-0.2, -0.15) is 4.68 Å². The van der Waals surface area contributed by atoms with Crippen molar-refractivity contribution in [3.63, 3.8) is 0 Å². The minimum Gasteiger partial charge on any atom is -0.442 e. The summed E-state index contributed by atoms with van der Waals surface area (Å²) in [4.78, 5) is 28.7. The first-order valence-corrected chi connectivity index (χ1v) is 10.9. The summed E-state index contributed by atoms with van der Waals surface area (Å²) in [6.07, 6.45) is -0.0600. The van der Waals surface area contributed by atoms with Crippen LogP contribution in [0.25, 0.3) is 28.3 Å². The van der Waals surface area contributed by atoms with E-state index in [0.717, 1.165) is 22.6 Å². The number of benzene rings is 2. The maximum absolute atomic E-state index is 15.0. The van der Waals surface area contributed by atoms with Gasteiger partial charge in [-0.05, 0) is 34.7 Å². The molecule has 0 spiro atoms. The van der Waals surface area contributed by atoms with E-state index < -0.39 is 23.8 Å². The molecule has 12 heteroatoms. The summed E-state index contributed by atoms with van der Waals surface area (Å²) in [6, 6.07) is 14.4. The summed E-state index contributed by atoms with van der Waals surface area (Å²) in [7, 11) is 0. The molecule has 0 saturated carbocycles. The lowest BCUT2D eigenvalue weighted by atomic mass is 10.1. The first kappa shape index (κ1) is 23.0. The molecule has 0 unspecified atom stereocenters. The van der Waals surface area contributed by atoms with Crippen LogP contribution in [0.3, 0.4) is 0 Å². The van der Waals surface area contributed by atoms with E-state index in [1.165, 1.54) is 23.9 Å². The number of carbonyl (C=O) groups is 2. The maximum Gasteiger partial charge on any atom is 0.414 e. The summed E-state index contributed by atoms with van der Waals surface area (Å²) < 4.78 is 36.7. The second-order valence-corrected chi connectivity index (χ2v) is 8.02. The Bertz CT molecular complexity index is 1400. The second-order valence-electron chi connectivity index (χ2n) is 8.02. The van der Waals surface area contributed by atoms with Crippen LogP contribution in [0.15, 0.2) is 60.8 Å². The minimum atomic E-state index is -0.870. The topological polar surface area (TPSA) is 115 Å². The zero-order valence-electron chi connectivity index (χ0n) is 18.9. The molecule has 0 radical (unpaired) electrons. The van der Waals surface area contributed by atoms with Crippen LogP contribution in [-0.4, -0.2) is 56.4 Å². The predicted molar refractivity (Wildman–Crippen MR) is 124 cm³/mol. The molecule has 4 aromatic rings. The van der Waals surface area contributed by atoms with Gasteiger partial charge in [-0.15, -0.1) is 5.10 Å². The molecule has 2 aromatic heterocycles. The SMILES string of the molecule is CC(=O)NC[C@H]1CN(c2cc(F)c(-c3ccc(-n4nnnc4-c4ccccc4)nc3)c(F)c2)C(=O)O1. The van der Waals surface area contributed by atoms with Crippen LogP contribution in [0.5, 0.6) is 0 Å². The van der Waals surface area contributed by atoms with E-state index >= 15 is 8.78 Å². The van der Waals surface area contributed by atoms with Crippen LogP contribution in [0.1, 0.15) is 6.92 Å². The highest BCUT2D eigenvalue weighted by Gasteiger charge is 2.33. The summed E-state index contributed by atoms with van der Waals surface area (Å²) in [6.45, 7) is 1.49. The second kappa shape index (κ2) is 9.49. The van der Waals surface area contributed by atoms with Crippen LogP contribution in [0.4, 0.5) is 19.3 Å². The number of nitrogens with zero attached hydrogens (tertiary/aromatic N) is 6. The fraction of sp³-hybridized carbons (Fsp3) is 0.167. The fourth-order valence-electron chi connectivity index (χ4n) is 3.86. The molecule has 2 aromatic carbocycles. The van der Waals surface area contributed by atoms with Crippen molar-refractivity contribution in [2.24, 2.45) is 0 Å². The number of nitrogens with one attached hydrogen (secondary N) is 1. The third-order valence-corrected chi connectivity index (χ3v) is 5.55. The Labute approximate surface area is 203 Å². The number of cyclic esters (lactones) is 1. The van der Waals surface area contributed by atoms with Crippen molar-refractivity contribution < 1.29 is 23.1 Å². The number of halogens is 2.